The molecular formula is C22H19NO3S. The summed E-state index contributed by atoms with van der Waals surface area (Å²) in [4.78, 5) is 13.7. The molecule has 0 bridgehead atoms. The third kappa shape index (κ3) is 3.27. The molecule has 0 atom stereocenters. The van der Waals surface area contributed by atoms with E-state index >= 15 is 0 Å². The van der Waals surface area contributed by atoms with Gasteiger partial charge in [-0.15, -0.1) is 11.3 Å². The van der Waals surface area contributed by atoms with Crippen molar-refractivity contribution in [2.75, 3.05) is 19.0 Å². The number of aliphatic hydroxyl groups is 1. The summed E-state index contributed by atoms with van der Waals surface area (Å²) in [5.74, 6) is 0.681. The van der Waals surface area contributed by atoms with E-state index in [0.29, 0.717) is 12.0 Å². The molecule has 1 aliphatic heterocycles. The highest BCUT2D eigenvalue weighted by Crippen LogP contribution is 2.38. The Morgan fingerprint density at radius 2 is 2.07 bits per heavy atom. The first-order chi connectivity index (χ1) is 13.2. The smallest absolute Gasteiger partial charge is 0.256 e. The van der Waals surface area contributed by atoms with Crippen LogP contribution in [0.3, 0.4) is 0 Å². The van der Waals surface area contributed by atoms with Crippen molar-refractivity contribution in [1.29, 1.82) is 0 Å². The first-order valence-electron chi connectivity index (χ1n) is 8.69. The standard InChI is InChI=1S/C22H19NO3S/c1-26-19-8-7-14(12-16(19)20-6-3-11-27-20)13-17-21-15(9-10-24)4-2-5-18(21)23-22(17)25/h2-8,11-13,24H,9-10H2,1H3,(H,23,25)/b17-13+. The van der Waals surface area contributed by atoms with Crippen LogP contribution < -0.4 is 10.1 Å². The van der Waals surface area contributed by atoms with E-state index in [9.17, 15) is 9.90 Å². The van der Waals surface area contributed by atoms with Crippen LogP contribution in [0.5, 0.6) is 5.75 Å². The number of amides is 1. The van der Waals surface area contributed by atoms with Crippen molar-refractivity contribution in [1.82, 2.24) is 0 Å². The first-order valence-corrected chi connectivity index (χ1v) is 9.57. The Kier molecular flexibility index (Phi) is 4.79. The number of thiophene rings is 1. The number of hydrogen-bond acceptors (Lipinski definition) is 4. The van der Waals surface area contributed by atoms with Crippen LogP contribution in [0.1, 0.15) is 16.7 Å². The lowest BCUT2D eigenvalue weighted by atomic mass is 9.96. The predicted octanol–water partition coefficient (Wildman–Crippen LogP) is 4.45. The molecule has 0 saturated carbocycles. The molecule has 0 unspecified atom stereocenters. The summed E-state index contributed by atoms with van der Waals surface area (Å²) in [7, 11) is 1.66. The molecule has 0 radical (unpaired) electrons. The van der Waals surface area contributed by atoms with E-state index in [2.05, 4.69) is 11.4 Å². The van der Waals surface area contributed by atoms with Gasteiger partial charge in [0.1, 0.15) is 5.75 Å². The van der Waals surface area contributed by atoms with E-state index in [4.69, 9.17) is 4.74 Å². The van der Waals surface area contributed by atoms with Crippen LogP contribution in [0.25, 0.3) is 22.1 Å². The molecule has 136 valence electrons. The van der Waals surface area contributed by atoms with Crippen molar-refractivity contribution in [3.05, 3.63) is 70.6 Å². The number of anilines is 1. The number of aliphatic hydroxyl groups excluding tert-OH is 1. The summed E-state index contributed by atoms with van der Waals surface area (Å²) in [5.41, 5.74) is 5.19. The largest absolute Gasteiger partial charge is 0.496 e. The van der Waals surface area contributed by atoms with Crippen LogP contribution in [0.15, 0.2) is 53.9 Å². The van der Waals surface area contributed by atoms with Gasteiger partial charge >= 0.3 is 0 Å². The van der Waals surface area contributed by atoms with Crippen LogP contribution in [0, 0.1) is 0 Å². The normalized spacial score (nSPS) is 14.3. The SMILES string of the molecule is COc1ccc(/C=C2/C(=O)Nc3cccc(CCO)c32)cc1-c1cccs1. The van der Waals surface area contributed by atoms with Gasteiger partial charge in [-0.3, -0.25) is 4.79 Å². The maximum atomic E-state index is 12.6. The Morgan fingerprint density at radius 1 is 1.19 bits per heavy atom. The molecule has 1 amide bonds. The Bertz CT molecular complexity index is 1020. The fourth-order valence-electron chi connectivity index (χ4n) is 3.40. The lowest BCUT2D eigenvalue weighted by Crippen LogP contribution is -2.03. The van der Waals surface area contributed by atoms with E-state index in [1.807, 2.05) is 53.9 Å². The van der Waals surface area contributed by atoms with Crippen LogP contribution in [-0.4, -0.2) is 24.7 Å². The van der Waals surface area contributed by atoms with Crippen molar-refractivity contribution >= 4 is 34.6 Å². The van der Waals surface area contributed by atoms with Gasteiger partial charge in [-0.1, -0.05) is 24.3 Å². The highest BCUT2D eigenvalue weighted by Gasteiger charge is 2.26. The van der Waals surface area contributed by atoms with Gasteiger partial charge in [-0.05, 0) is 53.3 Å². The monoisotopic (exact) mass is 377 g/mol. The highest BCUT2D eigenvalue weighted by atomic mass is 32.1. The zero-order chi connectivity index (χ0) is 18.8. The summed E-state index contributed by atoms with van der Waals surface area (Å²) in [6.07, 6.45) is 2.41. The quantitative estimate of drug-likeness (QED) is 0.646. The van der Waals surface area contributed by atoms with Gasteiger partial charge in [0.15, 0.2) is 0 Å². The number of methoxy groups -OCH3 is 1. The number of carbonyl (C=O) groups excluding carboxylic acids is 1. The van der Waals surface area contributed by atoms with Crippen LogP contribution in [-0.2, 0) is 11.2 Å². The molecule has 4 rings (SSSR count). The number of fused-ring (bicyclic) bond motifs is 1. The van der Waals surface area contributed by atoms with E-state index in [0.717, 1.165) is 38.6 Å². The predicted molar refractivity (Wildman–Crippen MR) is 110 cm³/mol. The van der Waals surface area contributed by atoms with Crippen LogP contribution in [0.4, 0.5) is 5.69 Å². The van der Waals surface area contributed by atoms with Gasteiger partial charge in [0.25, 0.3) is 5.91 Å². The van der Waals surface area contributed by atoms with E-state index in [1.165, 1.54) is 0 Å². The van der Waals surface area contributed by atoms with E-state index < -0.39 is 0 Å². The third-order valence-corrected chi connectivity index (χ3v) is 5.52. The second kappa shape index (κ2) is 7.39. The molecule has 1 aliphatic rings. The molecule has 27 heavy (non-hydrogen) atoms. The summed E-state index contributed by atoms with van der Waals surface area (Å²) in [6, 6.07) is 15.7. The molecule has 2 N–H and O–H groups in total. The molecule has 3 aromatic rings. The second-order valence-electron chi connectivity index (χ2n) is 6.26. The molecule has 0 fully saturated rings. The van der Waals surface area contributed by atoms with Crippen molar-refractivity contribution in [2.24, 2.45) is 0 Å². The Hall–Kier alpha value is -2.89. The second-order valence-corrected chi connectivity index (χ2v) is 7.21. The minimum atomic E-state index is -0.121. The van der Waals surface area contributed by atoms with E-state index in [1.54, 1.807) is 18.4 Å². The number of rotatable bonds is 5. The molecule has 4 nitrogen and oxygen atoms in total. The van der Waals surface area contributed by atoms with Gasteiger partial charge in [0.2, 0.25) is 0 Å². The molecule has 0 aliphatic carbocycles. The molecule has 1 aromatic heterocycles. The third-order valence-electron chi connectivity index (χ3n) is 4.62. The molecule has 0 spiro atoms. The van der Waals surface area contributed by atoms with Crippen molar-refractivity contribution < 1.29 is 14.6 Å². The molecule has 0 saturated heterocycles. The number of nitrogens with one attached hydrogen (secondary N) is 1. The number of benzene rings is 2. The number of hydrogen-bond donors (Lipinski definition) is 2. The minimum absolute atomic E-state index is 0.0446. The zero-order valence-corrected chi connectivity index (χ0v) is 15.7. The lowest BCUT2D eigenvalue weighted by Gasteiger charge is -2.09. The lowest BCUT2D eigenvalue weighted by molar-refractivity contribution is -0.110. The number of carbonyl (C=O) groups is 1. The summed E-state index contributed by atoms with van der Waals surface area (Å²) in [5, 5.41) is 14.3. The van der Waals surface area contributed by atoms with Gasteiger partial charge in [0.05, 0.1) is 7.11 Å². The molecule has 2 aromatic carbocycles. The van der Waals surface area contributed by atoms with Gasteiger partial charge in [-0.2, -0.15) is 0 Å². The first kappa shape index (κ1) is 17.5. The van der Waals surface area contributed by atoms with Crippen molar-refractivity contribution in [3.8, 4) is 16.2 Å². The Morgan fingerprint density at radius 3 is 2.81 bits per heavy atom. The Labute approximate surface area is 161 Å². The maximum Gasteiger partial charge on any atom is 0.256 e. The topological polar surface area (TPSA) is 58.6 Å². The Balaban J connectivity index is 1.82. The maximum absolute atomic E-state index is 12.6. The van der Waals surface area contributed by atoms with Gasteiger partial charge in [-0.25, -0.2) is 0 Å². The van der Waals surface area contributed by atoms with Gasteiger partial charge in [0, 0.05) is 33.9 Å². The van der Waals surface area contributed by atoms with E-state index in [-0.39, 0.29) is 12.5 Å². The summed E-state index contributed by atoms with van der Waals surface area (Å²) >= 11 is 1.65. The average Bonchev–Trinajstić information content (AvgIpc) is 3.31. The minimum Gasteiger partial charge on any atom is -0.496 e. The van der Waals surface area contributed by atoms with Crippen LogP contribution in [0.2, 0.25) is 0 Å². The van der Waals surface area contributed by atoms with Gasteiger partial charge < -0.3 is 15.2 Å². The molecule has 5 heteroatoms. The van der Waals surface area contributed by atoms with Crippen molar-refractivity contribution in [3.63, 3.8) is 0 Å². The molecular weight excluding hydrogens is 358 g/mol. The zero-order valence-electron chi connectivity index (χ0n) is 14.9. The fraction of sp³-hybridized carbons (Fsp3) is 0.136. The summed E-state index contributed by atoms with van der Waals surface area (Å²) < 4.78 is 5.50. The molecule has 2 heterocycles. The number of ether oxygens (including phenoxy) is 1. The average molecular weight is 377 g/mol. The fourth-order valence-corrected chi connectivity index (χ4v) is 4.15. The van der Waals surface area contributed by atoms with Crippen molar-refractivity contribution in [2.45, 2.75) is 6.42 Å². The summed E-state index contributed by atoms with van der Waals surface area (Å²) in [6.45, 7) is 0.0446. The van der Waals surface area contributed by atoms with Crippen LogP contribution >= 0.6 is 11.3 Å². The highest BCUT2D eigenvalue weighted by molar-refractivity contribution is 7.13.